The van der Waals surface area contributed by atoms with Gasteiger partial charge in [0.05, 0.1) is 23.4 Å². The summed E-state index contributed by atoms with van der Waals surface area (Å²) in [6.45, 7) is 1.92. The highest BCUT2D eigenvalue weighted by Crippen LogP contribution is 2.30. The van der Waals surface area contributed by atoms with Gasteiger partial charge >= 0.3 is 0 Å². The van der Waals surface area contributed by atoms with Gasteiger partial charge in [0.2, 0.25) is 21.8 Å². The normalized spacial score (nSPS) is 14.8. The molecule has 1 N–H and O–H groups in total. The predicted octanol–water partition coefficient (Wildman–Crippen LogP) is 3.70. The Morgan fingerprint density at radius 2 is 1.69 bits per heavy atom. The van der Waals surface area contributed by atoms with E-state index in [1.165, 1.54) is 22.3 Å². The van der Waals surface area contributed by atoms with Crippen LogP contribution < -0.4 is 10.2 Å². The Kier molecular flexibility index (Phi) is 6.95. The highest BCUT2D eigenvalue weighted by atomic mass is 32.2. The van der Waals surface area contributed by atoms with Crippen molar-refractivity contribution in [1.29, 1.82) is 0 Å². The zero-order chi connectivity index (χ0) is 25.1. The standard InChI is InChI=1S/C25H25N5O4S2/c1-36(32,33)30-15-13-29(14-16-30)22-12-5-4-11-21(22)26-23(31)17-35-25-28-27-24(34-25)20-10-6-8-18-7-2-3-9-19(18)20/h2-12H,13-17H2,1H3,(H,26,31). The van der Waals surface area contributed by atoms with Gasteiger partial charge in [-0.25, -0.2) is 8.42 Å². The van der Waals surface area contributed by atoms with Crippen LogP contribution in [0.15, 0.2) is 76.4 Å². The minimum Gasteiger partial charge on any atom is -0.411 e. The first-order valence-electron chi connectivity index (χ1n) is 11.4. The summed E-state index contributed by atoms with van der Waals surface area (Å²) in [6.07, 6.45) is 1.23. The quantitative estimate of drug-likeness (QED) is 0.365. The summed E-state index contributed by atoms with van der Waals surface area (Å²) in [6, 6.07) is 21.4. The summed E-state index contributed by atoms with van der Waals surface area (Å²) in [5, 5.41) is 13.7. The van der Waals surface area contributed by atoms with Crippen LogP contribution >= 0.6 is 11.8 Å². The van der Waals surface area contributed by atoms with Crippen molar-refractivity contribution in [2.75, 3.05) is 48.4 Å². The lowest BCUT2D eigenvalue weighted by atomic mass is 10.0. The van der Waals surface area contributed by atoms with Crippen molar-refractivity contribution < 1.29 is 17.6 Å². The van der Waals surface area contributed by atoms with Gasteiger partial charge in [-0.05, 0) is 29.0 Å². The molecule has 2 heterocycles. The third-order valence-corrected chi connectivity index (χ3v) is 8.10. The minimum atomic E-state index is -3.21. The number of aromatic nitrogens is 2. The van der Waals surface area contributed by atoms with E-state index in [1.807, 2.05) is 66.7 Å². The van der Waals surface area contributed by atoms with Gasteiger partial charge in [0.15, 0.2) is 0 Å². The number of carbonyl (C=O) groups excluding carboxylic acids is 1. The van der Waals surface area contributed by atoms with E-state index in [0.717, 1.165) is 22.0 Å². The number of piperazine rings is 1. The smallest absolute Gasteiger partial charge is 0.277 e. The zero-order valence-electron chi connectivity index (χ0n) is 19.6. The largest absolute Gasteiger partial charge is 0.411 e. The van der Waals surface area contributed by atoms with E-state index in [2.05, 4.69) is 20.4 Å². The van der Waals surface area contributed by atoms with Crippen molar-refractivity contribution in [2.45, 2.75) is 5.22 Å². The maximum atomic E-state index is 12.7. The van der Waals surface area contributed by atoms with Crippen LogP contribution in [0, 0.1) is 0 Å². The second-order valence-corrected chi connectivity index (χ2v) is 11.3. The lowest BCUT2D eigenvalue weighted by molar-refractivity contribution is -0.113. The second kappa shape index (κ2) is 10.3. The SMILES string of the molecule is CS(=O)(=O)N1CCN(c2ccccc2NC(=O)CSc2nnc(-c3cccc4ccccc34)o2)CC1. The number of carbonyl (C=O) groups is 1. The molecule has 0 radical (unpaired) electrons. The van der Waals surface area contributed by atoms with Crippen LogP contribution in [0.2, 0.25) is 0 Å². The molecular formula is C25H25N5O4S2. The molecule has 11 heteroatoms. The molecule has 0 unspecified atom stereocenters. The van der Waals surface area contributed by atoms with Crippen LogP contribution in [0.25, 0.3) is 22.2 Å². The molecule has 36 heavy (non-hydrogen) atoms. The number of amides is 1. The monoisotopic (exact) mass is 523 g/mol. The summed E-state index contributed by atoms with van der Waals surface area (Å²) >= 11 is 1.17. The fourth-order valence-electron chi connectivity index (χ4n) is 4.22. The fraction of sp³-hybridized carbons (Fsp3) is 0.240. The highest BCUT2D eigenvalue weighted by Gasteiger charge is 2.25. The van der Waals surface area contributed by atoms with Gasteiger partial charge in [0.1, 0.15) is 0 Å². The number of anilines is 2. The summed E-state index contributed by atoms with van der Waals surface area (Å²) in [5.41, 5.74) is 2.39. The number of sulfonamides is 1. The van der Waals surface area contributed by atoms with E-state index in [0.29, 0.717) is 43.0 Å². The first-order chi connectivity index (χ1) is 17.4. The average molecular weight is 524 g/mol. The van der Waals surface area contributed by atoms with Crippen LogP contribution in [0.4, 0.5) is 11.4 Å². The molecule has 9 nitrogen and oxygen atoms in total. The number of fused-ring (bicyclic) bond motifs is 1. The molecule has 1 aliphatic heterocycles. The van der Waals surface area contributed by atoms with Crippen LogP contribution in [0.1, 0.15) is 0 Å². The van der Waals surface area contributed by atoms with Crippen molar-refractivity contribution in [3.05, 3.63) is 66.7 Å². The minimum absolute atomic E-state index is 0.105. The summed E-state index contributed by atoms with van der Waals surface area (Å²) in [7, 11) is -3.21. The van der Waals surface area contributed by atoms with E-state index in [-0.39, 0.29) is 11.7 Å². The van der Waals surface area contributed by atoms with Gasteiger partial charge in [0, 0.05) is 31.7 Å². The van der Waals surface area contributed by atoms with Crippen molar-refractivity contribution >= 4 is 49.8 Å². The van der Waals surface area contributed by atoms with Gasteiger partial charge in [-0.15, -0.1) is 10.2 Å². The Hall–Kier alpha value is -3.41. The number of hydrogen-bond acceptors (Lipinski definition) is 8. The van der Waals surface area contributed by atoms with Crippen molar-refractivity contribution in [1.82, 2.24) is 14.5 Å². The number of thioether (sulfide) groups is 1. The number of nitrogens with one attached hydrogen (secondary N) is 1. The van der Waals surface area contributed by atoms with Gasteiger partial charge in [-0.2, -0.15) is 4.31 Å². The Morgan fingerprint density at radius 1 is 0.972 bits per heavy atom. The molecule has 0 saturated carbocycles. The van der Waals surface area contributed by atoms with Gasteiger partial charge < -0.3 is 14.6 Å². The highest BCUT2D eigenvalue weighted by molar-refractivity contribution is 7.99. The van der Waals surface area contributed by atoms with Gasteiger partial charge in [0.25, 0.3) is 5.22 Å². The molecule has 4 aromatic rings. The van der Waals surface area contributed by atoms with E-state index in [4.69, 9.17) is 4.42 Å². The zero-order valence-corrected chi connectivity index (χ0v) is 21.3. The molecule has 0 atom stereocenters. The topological polar surface area (TPSA) is 109 Å². The summed E-state index contributed by atoms with van der Waals surface area (Å²) in [5.74, 6) is 0.313. The first-order valence-corrected chi connectivity index (χ1v) is 14.3. The van der Waals surface area contributed by atoms with E-state index < -0.39 is 10.0 Å². The molecular weight excluding hydrogens is 498 g/mol. The van der Waals surface area contributed by atoms with E-state index in [1.54, 1.807) is 0 Å². The number of benzene rings is 3. The second-order valence-electron chi connectivity index (χ2n) is 8.40. The number of rotatable bonds is 7. The Labute approximate surface area is 213 Å². The summed E-state index contributed by atoms with van der Waals surface area (Å²) in [4.78, 5) is 14.8. The molecule has 1 amide bonds. The van der Waals surface area contributed by atoms with E-state index >= 15 is 0 Å². The molecule has 5 rings (SSSR count). The summed E-state index contributed by atoms with van der Waals surface area (Å²) < 4.78 is 30.9. The maximum absolute atomic E-state index is 12.7. The lowest BCUT2D eigenvalue weighted by Gasteiger charge is -2.35. The fourth-order valence-corrected chi connectivity index (χ4v) is 5.61. The molecule has 0 spiro atoms. The Bertz CT molecular complexity index is 1490. The Balaban J connectivity index is 1.22. The van der Waals surface area contributed by atoms with Gasteiger partial charge in [-0.3, -0.25) is 4.79 Å². The third kappa shape index (κ3) is 5.38. The lowest BCUT2D eigenvalue weighted by Crippen LogP contribution is -2.48. The molecule has 0 bridgehead atoms. The van der Waals surface area contributed by atoms with Crippen LogP contribution in [0.3, 0.4) is 0 Å². The molecule has 186 valence electrons. The molecule has 1 aromatic heterocycles. The number of para-hydroxylation sites is 2. The van der Waals surface area contributed by atoms with Crippen molar-refractivity contribution in [3.8, 4) is 11.5 Å². The van der Waals surface area contributed by atoms with Gasteiger partial charge in [-0.1, -0.05) is 60.3 Å². The average Bonchev–Trinajstić information content (AvgIpc) is 3.36. The molecule has 1 fully saturated rings. The Morgan fingerprint density at radius 3 is 2.50 bits per heavy atom. The molecule has 1 aliphatic rings. The van der Waals surface area contributed by atoms with Crippen molar-refractivity contribution in [2.24, 2.45) is 0 Å². The maximum Gasteiger partial charge on any atom is 0.277 e. The molecule has 1 saturated heterocycles. The predicted molar refractivity (Wildman–Crippen MR) is 142 cm³/mol. The van der Waals surface area contributed by atoms with Crippen LogP contribution in [-0.2, 0) is 14.8 Å². The molecule has 0 aliphatic carbocycles. The molecule has 3 aromatic carbocycles. The van der Waals surface area contributed by atoms with Crippen LogP contribution in [-0.4, -0.2) is 67.0 Å². The third-order valence-electron chi connectivity index (χ3n) is 5.98. The number of hydrogen-bond donors (Lipinski definition) is 1. The van der Waals surface area contributed by atoms with Crippen LogP contribution in [0.5, 0.6) is 0 Å². The number of nitrogens with zero attached hydrogens (tertiary/aromatic N) is 4. The van der Waals surface area contributed by atoms with E-state index in [9.17, 15) is 13.2 Å². The van der Waals surface area contributed by atoms with Crippen molar-refractivity contribution in [3.63, 3.8) is 0 Å². The first kappa shape index (κ1) is 24.3.